The molecule has 2 atom stereocenters. The predicted octanol–water partition coefficient (Wildman–Crippen LogP) is 2.37. The number of aliphatic imine (C=N–C) groups is 1. The third kappa shape index (κ3) is 3.57. The van der Waals surface area contributed by atoms with Crippen molar-refractivity contribution in [1.82, 2.24) is 15.5 Å². The summed E-state index contributed by atoms with van der Waals surface area (Å²) in [4.78, 5) is 7.07. The number of nitrogens with zero attached hydrogens (tertiary/aromatic N) is 2. The Morgan fingerprint density at radius 2 is 1.96 bits per heavy atom. The van der Waals surface area contributed by atoms with E-state index >= 15 is 0 Å². The normalized spacial score (nSPS) is 30.7. The summed E-state index contributed by atoms with van der Waals surface area (Å²) in [5.41, 5.74) is 0.387. The second-order valence-corrected chi connectivity index (χ2v) is 7.80. The molecule has 0 aromatic carbocycles. The van der Waals surface area contributed by atoms with E-state index in [1.807, 2.05) is 7.05 Å². The number of ether oxygens (including phenoxy) is 1. The van der Waals surface area contributed by atoms with E-state index in [1.54, 1.807) is 0 Å². The number of hydrogen-bond acceptors (Lipinski definition) is 3. The van der Waals surface area contributed by atoms with Gasteiger partial charge < -0.3 is 20.3 Å². The van der Waals surface area contributed by atoms with Gasteiger partial charge >= 0.3 is 0 Å². The standard InChI is InChI=1S/C19H36N4O/c1-4-11-23-12-7-15(8-13-23)21-18(20-3)22-16-14-17(24-5-2)19(16)9-6-10-19/h15-17H,4-14H2,1-3H3,(H2,20,21,22). The molecule has 0 radical (unpaired) electrons. The lowest BCUT2D eigenvalue weighted by atomic mass is 9.51. The molecular weight excluding hydrogens is 300 g/mol. The van der Waals surface area contributed by atoms with Gasteiger partial charge in [0.25, 0.3) is 0 Å². The molecule has 2 saturated carbocycles. The van der Waals surface area contributed by atoms with E-state index in [-0.39, 0.29) is 0 Å². The minimum absolute atomic E-state index is 0.387. The zero-order chi connectivity index (χ0) is 17.0. The Morgan fingerprint density at radius 1 is 1.21 bits per heavy atom. The van der Waals surface area contributed by atoms with Gasteiger partial charge in [0, 0.05) is 44.2 Å². The summed E-state index contributed by atoms with van der Waals surface area (Å²) >= 11 is 0. The van der Waals surface area contributed by atoms with Gasteiger partial charge in [0.1, 0.15) is 0 Å². The fourth-order valence-electron chi connectivity index (χ4n) is 4.79. The molecule has 0 bridgehead atoms. The number of piperidine rings is 1. The first-order chi connectivity index (χ1) is 11.7. The van der Waals surface area contributed by atoms with E-state index < -0.39 is 0 Å². The van der Waals surface area contributed by atoms with E-state index in [4.69, 9.17) is 4.74 Å². The molecule has 1 heterocycles. The van der Waals surface area contributed by atoms with E-state index in [0.717, 1.165) is 19.0 Å². The number of likely N-dealkylation sites (tertiary alicyclic amines) is 1. The van der Waals surface area contributed by atoms with Crippen LogP contribution in [0, 0.1) is 5.41 Å². The van der Waals surface area contributed by atoms with Crippen molar-refractivity contribution in [3.05, 3.63) is 0 Å². The van der Waals surface area contributed by atoms with Crippen LogP contribution in [0.1, 0.15) is 58.8 Å². The Bertz CT molecular complexity index is 427. The molecule has 0 aromatic rings. The molecule has 5 nitrogen and oxygen atoms in total. The molecule has 2 N–H and O–H groups in total. The zero-order valence-electron chi connectivity index (χ0n) is 15.8. The third-order valence-corrected chi connectivity index (χ3v) is 6.44. The summed E-state index contributed by atoms with van der Waals surface area (Å²) in [5.74, 6) is 0.996. The van der Waals surface area contributed by atoms with Crippen molar-refractivity contribution in [3.63, 3.8) is 0 Å². The molecule has 2 unspecified atom stereocenters. The Hall–Kier alpha value is -0.810. The lowest BCUT2D eigenvalue weighted by Gasteiger charge is -2.61. The second-order valence-electron chi connectivity index (χ2n) is 7.80. The maximum absolute atomic E-state index is 5.96. The molecule has 3 aliphatic rings. The monoisotopic (exact) mass is 336 g/mol. The minimum atomic E-state index is 0.387. The van der Waals surface area contributed by atoms with Crippen molar-refractivity contribution in [2.24, 2.45) is 10.4 Å². The van der Waals surface area contributed by atoms with Gasteiger partial charge in [-0.15, -0.1) is 0 Å². The Balaban J connectivity index is 1.46. The summed E-state index contributed by atoms with van der Waals surface area (Å²) < 4.78 is 5.96. The second kappa shape index (κ2) is 8.05. The third-order valence-electron chi connectivity index (χ3n) is 6.44. The molecule has 1 aliphatic heterocycles. The average Bonchev–Trinajstić information content (AvgIpc) is 2.53. The zero-order valence-corrected chi connectivity index (χ0v) is 15.8. The highest BCUT2D eigenvalue weighted by atomic mass is 16.5. The van der Waals surface area contributed by atoms with Crippen LogP contribution in [0.3, 0.4) is 0 Å². The van der Waals surface area contributed by atoms with Crippen LogP contribution in [-0.4, -0.2) is 62.3 Å². The molecule has 1 spiro atoms. The van der Waals surface area contributed by atoms with Crippen molar-refractivity contribution in [3.8, 4) is 0 Å². The van der Waals surface area contributed by atoms with Crippen LogP contribution in [0.4, 0.5) is 0 Å². The summed E-state index contributed by atoms with van der Waals surface area (Å²) in [5, 5.41) is 7.38. The van der Waals surface area contributed by atoms with Gasteiger partial charge in [0.15, 0.2) is 5.96 Å². The van der Waals surface area contributed by atoms with Crippen LogP contribution >= 0.6 is 0 Å². The fraction of sp³-hybridized carbons (Fsp3) is 0.947. The first-order valence-corrected chi connectivity index (χ1v) is 10.1. The van der Waals surface area contributed by atoms with Crippen LogP contribution in [-0.2, 0) is 4.74 Å². The van der Waals surface area contributed by atoms with E-state index in [0.29, 0.717) is 23.6 Å². The molecule has 1 saturated heterocycles. The van der Waals surface area contributed by atoms with Gasteiger partial charge in [0.2, 0.25) is 0 Å². The number of nitrogens with one attached hydrogen (secondary N) is 2. The highest BCUT2D eigenvalue weighted by molar-refractivity contribution is 5.80. The van der Waals surface area contributed by atoms with E-state index in [9.17, 15) is 0 Å². The van der Waals surface area contributed by atoms with Crippen molar-refractivity contribution in [1.29, 1.82) is 0 Å². The van der Waals surface area contributed by atoms with Crippen molar-refractivity contribution < 1.29 is 4.74 Å². The fourth-order valence-corrected chi connectivity index (χ4v) is 4.79. The molecule has 0 amide bonds. The lowest BCUT2D eigenvalue weighted by Crippen LogP contribution is -2.69. The van der Waals surface area contributed by atoms with Crippen LogP contribution in [0.2, 0.25) is 0 Å². The molecule has 24 heavy (non-hydrogen) atoms. The van der Waals surface area contributed by atoms with Gasteiger partial charge in [-0.1, -0.05) is 13.3 Å². The molecule has 3 rings (SSSR count). The molecule has 3 fully saturated rings. The minimum Gasteiger partial charge on any atom is -0.378 e. The molecule has 2 aliphatic carbocycles. The van der Waals surface area contributed by atoms with Crippen molar-refractivity contribution >= 4 is 5.96 Å². The first kappa shape index (κ1) is 18.0. The summed E-state index contributed by atoms with van der Waals surface area (Å²) in [6.45, 7) is 8.87. The molecule has 0 aromatic heterocycles. The van der Waals surface area contributed by atoms with Gasteiger partial charge in [-0.3, -0.25) is 4.99 Å². The number of rotatable bonds is 6. The SMILES string of the molecule is CCCN1CCC(NC(=NC)NC2CC(OCC)C23CCC3)CC1. The van der Waals surface area contributed by atoms with Gasteiger partial charge in [-0.05, 0) is 52.0 Å². The highest BCUT2D eigenvalue weighted by Crippen LogP contribution is 2.57. The van der Waals surface area contributed by atoms with Gasteiger partial charge in [-0.2, -0.15) is 0 Å². The largest absolute Gasteiger partial charge is 0.378 e. The maximum Gasteiger partial charge on any atom is 0.191 e. The van der Waals surface area contributed by atoms with Crippen LogP contribution < -0.4 is 10.6 Å². The lowest BCUT2D eigenvalue weighted by molar-refractivity contribution is -0.168. The van der Waals surface area contributed by atoms with E-state index in [2.05, 4.69) is 34.4 Å². The highest BCUT2D eigenvalue weighted by Gasteiger charge is 2.59. The number of guanidine groups is 1. The number of hydrogen-bond donors (Lipinski definition) is 2. The molecule has 138 valence electrons. The Morgan fingerprint density at radius 3 is 2.50 bits per heavy atom. The van der Waals surface area contributed by atoms with Gasteiger partial charge in [0.05, 0.1) is 6.10 Å². The summed E-state index contributed by atoms with van der Waals surface area (Å²) in [7, 11) is 1.90. The average molecular weight is 337 g/mol. The van der Waals surface area contributed by atoms with Crippen molar-refractivity contribution in [2.75, 3.05) is 33.3 Å². The summed E-state index contributed by atoms with van der Waals surface area (Å²) in [6.07, 6.45) is 9.25. The molecular formula is C19H36N4O. The van der Waals surface area contributed by atoms with Crippen LogP contribution in [0.5, 0.6) is 0 Å². The van der Waals surface area contributed by atoms with Gasteiger partial charge in [-0.25, -0.2) is 0 Å². The Labute approximate surface area is 147 Å². The van der Waals surface area contributed by atoms with Crippen LogP contribution in [0.25, 0.3) is 0 Å². The maximum atomic E-state index is 5.96. The Kier molecular flexibility index (Phi) is 6.03. The quantitative estimate of drug-likeness (QED) is 0.577. The summed E-state index contributed by atoms with van der Waals surface area (Å²) in [6, 6.07) is 1.10. The topological polar surface area (TPSA) is 48.9 Å². The predicted molar refractivity (Wildman–Crippen MR) is 99.5 cm³/mol. The van der Waals surface area contributed by atoms with Crippen molar-refractivity contribution in [2.45, 2.75) is 77.0 Å². The smallest absolute Gasteiger partial charge is 0.191 e. The first-order valence-electron chi connectivity index (χ1n) is 10.1. The van der Waals surface area contributed by atoms with E-state index in [1.165, 1.54) is 58.2 Å². The molecule has 5 heteroatoms. The van der Waals surface area contributed by atoms with Crippen LogP contribution in [0.15, 0.2) is 4.99 Å².